The molecule has 0 aliphatic rings. The Kier molecular flexibility index (Phi) is 8.43. The third-order valence-corrected chi connectivity index (χ3v) is 7.08. The van der Waals surface area contributed by atoms with Crippen molar-refractivity contribution in [2.45, 2.75) is 18.8 Å². The normalized spacial score (nSPS) is 11.7. The number of rotatable bonds is 10. The molecule has 0 saturated carbocycles. The van der Waals surface area contributed by atoms with Gasteiger partial charge in [0.25, 0.3) is 0 Å². The van der Waals surface area contributed by atoms with Crippen molar-refractivity contribution in [3.05, 3.63) is 118 Å². The number of hydrogen-bond acceptors (Lipinski definition) is 8. The minimum atomic E-state index is -0.831. The quantitative estimate of drug-likeness (QED) is 0.192. The van der Waals surface area contributed by atoms with E-state index in [0.29, 0.717) is 35.7 Å². The maximum atomic E-state index is 13.2. The highest BCUT2D eigenvalue weighted by molar-refractivity contribution is 5.90. The van der Waals surface area contributed by atoms with Crippen LogP contribution in [0.15, 0.2) is 100 Å². The zero-order valence-electron chi connectivity index (χ0n) is 23.2. The molecule has 214 valence electrons. The first-order valence-corrected chi connectivity index (χ1v) is 13.4. The van der Waals surface area contributed by atoms with E-state index in [9.17, 15) is 19.8 Å². The number of fused-ring (bicyclic) bond motifs is 1. The lowest BCUT2D eigenvalue weighted by atomic mass is 9.86. The Hall–Kier alpha value is -5.24. The van der Waals surface area contributed by atoms with Gasteiger partial charge < -0.3 is 28.8 Å². The van der Waals surface area contributed by atoms with Gasteiger partial charge in [-0.2, -0.15) is 0 Å². The molecule has 0 spiro atoms. The van der Waals surface area contributed by atoms with Crippen LogP contribution in [0.5, 0.6) is 23.0 Å². The number of aromatic hydroxyl groups is 2. The fraction of sp³-hybridized carbons (Fsp3) is 0.176. The summed E-state index contributed by atoms with van der Waals surface area (Å²) in [5.41, 5.74) is 1.97. The smallest absolute Gasteiger partial charge is 0.306 e. The molecule has 42 heavy (non-hydrogen) atoms. The van der Waals surface area contributed by atoms with Crippen molar-refractivity contribution >= 4 is 16.9 Å². The average Bonchev–Trinajstić information content (AvgIpc) is 3.01. The predicted octanol–water partition coefficient (Wildman–Crippen LogP) is 6.20. The highest BCUT2D eigenvalue weighted by atomic mass is 16.5. The van der Waals surface area contributed by atoms with Crippen molar-refractivity contribution in [2.75, 3.05) is 20.8 Å². The summed E-state index contributed by atoms with van der Waals surface area (Å²) in [5.74, 6) is -0.987. The van der Waals surface area contributed by atoms with Gasteiger partial charge in [-0.15, -0.1) is 0 Å². The second-order valence-corrected chi connectivity index (χ2v) is 9.70. The van der Waals surface area contributed by atoms with Gasteiger partial charge in [-0.1, -0.05) is 66.7 Å². The topological polar surface area (TPSA) is 115 Å². The average molecular weight is 567 g/mol. The van der Waals surface area contributed by atoms with E-state index in [4.69, 9.17) is 18.6 Å². The lowest BCUT2D eigenvalue weighted by Crippen LogP contribution is -2.13. The molecule has 0 fully saturated rings. The van der Waals surface area contributed by atoms with E-state index in [1.807, 2.05) is 36.4 Å². The number of ether oxygens (including phenoxy) is 3. The monoisotopic (exact) mass is 566 g/mol. The van der Waals surface area contributed by atoms with Gasteiger partial charge in [-0.05, 0) is 23.3 Å². The predicted molar refractivity (Wildman–Crippen MR) is 158 cm³/mol. The van der Waals surface area contributed by atoms with Crippen LogP contribution in [0.4, 0.5) is 0 Å². The summed E-state index contributed by atoms with van der Waals surface area (Å²) in [7, 11) is 2.78. The fourth-order valence-corrected chi connectivity index (χ4v) is 4.98. The number of phenols is 2. The molecule has 5 rings (SSSR count). The lowest BCUT2D eigenvalue weighted by molar-refractivity contribution is -0.140. The maximum absolute atomic E-state index is 13.2. The van der Waals surface area contributed by atoms with E-state index in [1.54, 1.807) is 42.5 Å². The van der Waals surface area contributed by atoms with Gasteiger partial charge in [-0.3, -0.25) is 9.59 Å². The summed E-state index contributed by atoms with van der Waals surface area (Å²) in [6.07, 6.45) is 0.507. The van der Waals surface area contributed by atoms with E-state index in [2.05, 4.69) is 0 Å². The van der Waals surface area contributed by atoms with Crippen molar-refractivity contribution in [2.24, 2.45) is 0 Å². The first-order chi connectivity index (χ1) is 20.4. The zero-order valence-corrected chi connectivity index (χ0v) is 23.2. The van der Waals surface area contributed by atoms with E-state index in [1.165, 1.54) is 20.3 Å². The molecule has 0 saturated heterocycles. The van der Waals surface area contributed by atoms with Gasteiger partial charge in [-0.25, -0.2) is 0 Å². The molecule has 1 atom stereocenters. The molecule has 4 aromatic carbocycles. The van der Waals surface area contributed by atoms with E-state index < -0.39 is 23.1 Å². The molecule has 8 heteroatoms. The molecule has 1 heterocycles. The summed E-state index contributed by atoms with van der Waals surface area (Å²) < 4.78 is 22.8. The summed E-state index contributed by atoms with van der Waals surface area (Å²) in [4.78, 5) is 25.8. The molecular weight excluding hydrogens is 536 g/mol. The van der Waals surface area contributed by atoms with Gasteiger partial charge >= 0.3 is 5.97 Å². The van der Waals surface area contributed by atoms with Crippen LogP contribution >= 0.6 is 0 Å². The molecule has 2 N–H and O–H groups in total. The second kappa shape index (κ2) is 12.5. The third kappa shape index (κ3) is 5.93. The summed E-state index contributed by atoms with van der Waals surface area (Å²) in [6, 6.07) is 26.5. The van der Waals surface area contributed by atoms with Crippen LogP contribution in [-0.2, 0) is 16.0 Å². The van der Waals surface area contributed by atoms with Gasteiger partial charge in [0, 0.05) is 35.6 Å². The molecule has 5 aromatic rings. The molecule has 0 radical (unpaired) electrons. The number of hydrogen-bond donors (Lipinski definition) is 2. The first kappa shape index (κ1) is 28.3. The van der Waals surface area contributed by atoms with Gasteiger partial charge in [0.05, 0.1) is 27.2 Å². The standard InChI is InChI=1S/C34H30O8/c1-39-30-17-23(13-14-28(30)41-16-15-21-9-5-3-6-10-21)24(18-31(38)40-2)32-25(35)19-26(36)33-27(37)20-29(42-34(32)33)22-11-7-4-8-12-22/h3-14,17,19-20,24,35-36H,15-16,18H2,1-2H3/t24-/m0/s1. The number of carbonyl (C=O) groups excluding carboxylic acids is 1. The van der Waals surface area contributed by atoms with E-state index in [0.717, 1.165) is 11.6 Å². The third-order valence-electron chi connectivity index (χ3n) is 7.08. The van der Waals surface area contributed by atoms with Gasteiger partial charge in [0.1, 0.15) is 28.2 Å². The number of benzene rings is 4. The number of carbonyl (C=O) groups is 1. The van der Waals surface area contributed by atoms with Crippen LogP contribution in [0.2, 0.25) is 0 Å². The molecule has 0 unspecified atom stereocenters. The van der Waals surface area contributed by atoms with Crippen LogP contribution in [0.25, 0.3) is 22.3 Å². The number of methoxy groups -OCH3 is 2. The molecule has 8 nitrogen and oxygen atoms in total. The maximum Gasteiger partial charge on any atom is 0.306 e. The van der Waals surface area contributed by atoms with E-state index in [-0.39, 0.29) is 34.5 Å². The van der Waals surface area contributed by atoms with Crippen molar-refractivity contribution in [1.29, 1.82) is 0 Å². The van der Waals surface area contributed by atoms with Crippen molar-refractivity contribution in [3.8, 4) is 34.3 Å². The minimum Gasteiger partial charge on any atom is -0.507 e. The Morgan fingerprint density at radius 2 is 1.57 bits per heavy atom. The largest absolute Gasteiger partial charge is 0.507 e. The summed E-state index contributed by atoms with van der Waals surface area (Å²) in [5, 5.41) is 21.7. The molecule has 0 aliphatic carbocycles. The Labute approximate surface area is 242 Å². The van der Waals surface area contributed by atoms with Crippen molar-refractivity contribution in [1.82, 2.24) is 0 Å². The summed E-state index contributed by atoms with van der Waals surface area (Å²) >= 11 is 0. The van der Waals surface area contributed by atoms with Crippen LogP contribution in [0.3, 0.4) is 0 Å². The van der Waals surface area contributed by atoms with Crippen LogP contribution in [0.1, 0.15) is 29.0 Å². The molecule has 0 bridgehead atoms. The van der Waals surface area contributed by atoms with Crippen molar-refractivity contribution in [3.63, 3.8) is 0 Å². The lowest BCUT2D eigenvalue weighted by Gasteiger charge is -2.21. The highest BCUT2D eigenvalue weighted by Crippen LogP contribution is 2.44. The van der Waals surface area contributed by atoms with Crippen molar-refractivity contribution < 1.29 is 33.6 Å². The van der Waals surface area contributed by atoms with Gasteiger partial charge in [0.15, 0.2) is 16.9 Å². The fourth-order valence-electron chi connectivity index (χ4n) is 4.98. The van der Waals surface area contributed by atoms with E-state index >= 15 is 0 Å². The Bertz CT molecular complexity index is 1760. The van der Waals surface area contributed by atoms with Crippen LogP contribution in [0, 0.1) is 0 Å². The zero-order chi connectivity index (χ0) is 29.6. The van der Waals surface area contributed by atoms with Crippen LogP contribution < -0.4 is 14.9 Å². The molecular formula is C34H30O8. The Morgan fingerprint density at radius 1 is 0.857 bits per heavy atom. The number of esters is 1. The molecule has 1 aromatic heterocycles. The minimum absolute atomic E-state index is 0.0325. The summed E-state index contributed by atoms with van der Waals surface area (Å²) in [6.45, 7) is 0.419. The molecule has 0 aliphatic heterocycles. The SMILES string of the molecule is COC(=O)C[C@@H](c1ccc(OCCc2ccccc2)c(OC)c1)c1c(O)cc(O)c2c(=O)cc(-c3ccccc3)oc12. The highest BCUT2D eigenvalue weighted by Gasteiger charge is 2.29. The second-order valence-electron chi connectivity index (χ2n) is 9.70. The molecule has 0 amide bonds. The Balaban J connectivity index is 1.60. The Morgan fingerprint density at radius 3 is 2.26 bits per heavy atom. The number of phenolic OH excluding ortho intramolecular Hbond substituents is 2. The first-order valence-electron chi connectivity index (χ1n) is 13.4. The van der Waals surface area contributed by atoms with Gasteiger partial charge in [0.2, 0.25) is 0 Å². The van der Waals surface area contributed by atoms with Crippen LogP contribution in [-0.4, -0.2) is 37.0 Å².